The van der Waals surface area contributed by atoms with Crippen LogP contribution in [0.3, 0.4) is 0 Å². The summed E-state index contributed by atoms with van der Waals surface area (Å²) >= 11 is 0. The van der Waals surface area contributed by atoms with Gasteiger partial charge in [0.1, 0.15) is 0 Å². The quantitative estimate of drug-likeness (QED) is 0.868. The molecule has 0 spiro atoms. The number of hydrogen-bond acceptors (Lipinski definition) is 4. The van der Waals surface area contributed by atoms with Crippen LogP contribution in [0.4, 0.5) is 4.79 Å². The molecule has 7 heteroatoms. The van der Waals surface area contributed by atoms with Crippen LogP contribution in [0.1, 0.15) is 12.8 Å². The third-order valence-electron chi connectivity index (χ3n) is 4.59. The zero-order valence-electron chi connectivity index (χ0n) is 13.1. The standard InChI is InChI=1S/C16H23N3O3S/c20-16-17-8-10-19(16)14-5-4-9-18(13-14)11-12-23(21,22)15-6-2-1-3-7-15/h1-3,6-7,14H,4-5,8-13H2,(H,17,20)/t14-/m0/s1. The molecule has 0 unspecified atom stereocenters. The van der Waals surface area contributed by atoms with E-state index in [1.54, 1.807) is 24.3 Å². The average Bonchev–Trinajstić information content (AvgIpc) is 3.00. The molecule has 2 amide bonds. The van der Waals surface area contributed by atoms with Crippen molar-refractivity contribution in [1.82, 2.24) is 15.1 Å². The fraction of sp³-hybridized carbons (Fsp3) is 0.562. The molecular formula is C16H23N3O3S. The maximum atomic E-state index is 12.4. The van der Waals surface area contributed by atoms with E-state index in [-0.39, 0.29) is 17.8 Å². The van der Waals surface area contributed by atoms with Crippen LogP contribution >= 0.6 is 0 Å². The first-order valence-electron chi connectivity index (χ1n) is 8.11. The van der Waals surface area contributed by atoms with Gasteiger partial charge in [-0.3, -0.25) is 0 Å². The number of amides is 2. The highest BCUT2D eigenvalue weighted by atomic mass is 32.2. The minimum absolute atomic E-state index is 0.00811. The molecule has 3 rings (SSSR count). The first-order chi connectivity index (χ1) is 11.1. The lowest BCUT2D eigenvalue weighted by molar-refractivity contribution is 0.130. The Hall–Kier alpha value is -1.60. The predicted molar refractivity (Wildman–Crippen MR) is 88.1 cm³/mol. The van der Waals surface area contributed by atoms with E-state index in [1.165, 1.54) is 0 Å². The predicted octanol–water partition coefficient (Wildman–Crippen LogP) is 0.950. The van der Waals surface area contributed by atoms with Gasteiger partial charge < -0.3 is 15.1 Å². The lowest BCUT2D eigenvalue weighted by Gasteiger charge is -2.36. The van der Waals surface area contributed by atoms with Crippen molar-refractivity contribution < 1.29 is 13.2 Å². The Morgan fingerprint density at radius 3 is 2.65 bits per heavy atom. The Balaban J connectivity index is 1.57. The molecule has 0 bridgehead atoms. The highest BCUT2D eigenvalue weighted by Crippen LogP contribution is 2.18. The van der Waals surface area contributed by atoms with Crippen molar-refractivity contribution in [2.24, 2.45) is 0 Å². The number of likely N-dealkylation sites (tertiary alicyclic amines) is 1. The minimum atomic E-state index is -3.24. The maximum absolute atomic E-state index is 12.4. The van der Waals surface area contributed by atoms with Crippen LogP contribution < -0.4 is 5.32 Å². The molecule has 2 aliphatic rings. The summed E-state index contributed by atoms with van der Waals surface area (Å²) in [6.45, 7) is 3.63. The zero-order chi connectivity index (χ0) is 16.3. The highest BCUT2D eigenvalue weighted by Gasteiger charge is 2.31. The van der Waals surface area contributed by atoms with E-state index >= 15 is 0 Å². The second-order valence-corrected chi connectivity index (χ2v) is 8.26. The molecule has 2 aliphatic heterocycles. The number of piperidine rings is 1. The number of carbonyl (C=O) groups excluding carboxylic acids is 1. The first-order valence-corrected chi connectivity index (χ1v) is 9.76. The Labute approximate surface area is 137 Å². The summed E-state index contributed by atoms with van der Waals surface area (Å²) in [7, 11) is -3.24. The number of nitrogens with one attached hydrogen (secondary N) is 1. The summed E-state index contributed by atoms with van der Waals surface area (Å²) in [5.41, 5.74) is 0. The first kappa shape index (κ1) is 16.3. The summed E-state index contributed by atoms with van der Waals surface area (Å²) in [5, 5.41) is 2.83. The van der Waals surface area contributed by atoms with Gasteiger partial charge >= 0.3 is 6.03 Å². The Morgan fingerprint density at radius 2 is 1.96 bits per heavy atom. The van der Waals surface area contributed by atoms with Crippen LogP contribution in [0.25, 0.3) is 0 Å². The molecule has 0 saturated carbocycles. The smallest absolute Gasteiger partial charge is 0.317 e. The van der Waals surface area contributed by atoms with Crippen LogP contribution in [0.15, 0.2) is 35.2 Å². The van der Waals surface area contributed by atoms with E-state index in [1.807, 2.05) is 11.0 Å². The zero-order valence-corrected chi connectivity index (χ0v) is 14.0. The maximum Gasteiger partial charge on any atom is 0.317 e. The van der Waals surface area contributed by atoms with Gasteiger partial charge in [0, 0.05) is 32.2 Å². The van der Waals surface area contributed by atoms with Crippen molar-refractivity contribution in [1.29, 1.82) is 0 Å². The molecule has 1 atom stereocenters. The second kappa shape index (κ2) is 6.88. The van der Waals surface area contributed by atoms with Crippen LogP contribution in [-0.2, 0) is 9.84 Å². The molecule has 6 nitrogen and oxygen atoms in total. The fourth-order valence-corrected chi connectivity index (χ4v) is 4.62. The summed E-state index contributed by atoms with van der Waals surface area (Å²) in [4.78, 5) is 16.2. The molecule has 2 saturated heterocycles. The van der Waals surface area contributed by atoms with Crippen molar-refractivity contribution in [3.8, 4) is 0 Å². The second-order valence-electron chi connectivity index (χ2n) is 6.15. The fourth-order valence-electron chi connectivity index (χ4n) is 3.32. The summed E-state index contributed by atoms with van der Waals surface area (Å²) in [5.74, 6) is 0.121. The molecule has 0 aromatic heterocycles. The van der Waals surface area contributed by atoms with Gasteiger partial charge in [0.05, 0.1) is 10.6 Å². The molecule has 2 fully saturated rings. The molecule has 1 aromatic carbocycles. The van der Waals surface area contributed by atoms with Crippen molar-refractivity contribution in [3.05, 3.63) is 30.3 Å². The highest BCUT2D eigenvalue weighted by molar-refractivity contribution is 7.91. The van der Waals surface area contributed by atoms with Crippen LogP contribution in [0.5, 0.6) is 0 Å². The van der Waals surface area contributed by atoms with Crippen molar-refractivity contribution in [2.45, 2.75) is 23.8 Å². The Morgan fingerprint density at radius 1 is 1.17 bits per heavy atom. The lowest BCUT2D eigenvalue weighted by atomic mass is 10.0. The topological polar surface area (TPSA) is 69.7 Å². The van der Waals surface area contributed by atoms with E-state index in [4.69, 9.17) is 0 Å². The van der Waals surface area contributed by atoms with Gasteiger partial charge in [-0.2, -0.15) is 0 Å². The molecule has 0 aliphatic carbocycles. The Bertz CT molecular complexity index is 648. The van der Waals surface area contributed by atoms with E-state index < -0.39 is 9.84 Å². The van der Waals surface area contributed by atoms with E-state index in [0.717, 1.165) is 32.5 Å². The number of nitrogens with zero attached hydrogens (tertiary/aromatic N) is 2. The van der Waals surface area contributed by atoms with Gasteiger partial charge in [0.25, 0.3) is 0 Å². The summed E-state index contributed by atoms with van der Waals surface area (Å²) in [6.07, 6.45) is 2.00. The number of hydrogen-bond donors (Lipinski definition) is 1. The molecular weight excluding hydrogens is 314 g/mol. The summed E-state index contributed by atoms with van der Waals surface area (Å²) < 4.78 is 24.7. The van der Waals surface area contributed by atoms with E-state index in [2.05, 4.69) is 10.2 Å². The van der Waals surface area contributed by atoms with Crippen LogP contribution in [-0.4, -0.2) is 68.8 Å². The molecule has 126 valence electrons. The number of sulfone groups is 1. The number of benzene rings is 1. The molecule has 2 heterocycles. The van der Waals surface area contributed by atoms with Crippen molar-refractivity contribution in [2.75, 3.05) is 38.5 Å². The third kappa shape index (κ3) is 3.84. The number of rotatable bonds is 5. The van der Waals surface area contributed by atoms with Gasteiger partial charge in [0.15, 0.2) is 9.84 Å². The minimum Gasteiger partial charge on any atom is -0.336 e. The third-order valence-corrected chi connectivity index (χ3v) is 6.30. The lowest BCUT2D eigenvalue weighted by Crippen LogP contribution is -2.49. The monoisotopic (exact) mass is 337 g/mol. The molecule has 1 aromatic rings. The summed E-state index contributed by atoms with van der Waals surface area (Å²) in [6, 6.07) is 8.80. The van der Waals surface area contributed by atoms with Gasteiger partial charge in [-0.1, -0.05) is 18.2 Å². The van der Waals surface area contributed by atoms with Gasteiger partial charge in [-0.05, 0) is 31.5 Å². The van der Waals surface area contributed by atoms with Gasteiger partial charge in [0.2, 0.25) is 0 Å². The van der Waals surface area contributed by atoms with Gasteiger partial charge in [-0.25, -0.2) is 13.2 Å². The SMILES string of the molecule is O=C1NCCN1[C@H]1CCCN(CCS(=O)(=O)c2ccccc2)C1. The molecule has 23 heavy (non-hydrogen) atoms. The van der Waals surface area contributed by atoms with E-state index in [9.17, 15) is 13.2 Å². The van der Waals surface area contributed by atoms with Crippen molar-refractivity contribution in [3.63, 3.8) is 0 Å². The average molecular weight is 337 g/mol. The number of urea groups is 1. The van der Waals surface area contributed by atoms with E-state index in [0.29, 0.717) is 18.0 Å². The van der Waals surface area contributed by atoms with Crippen molar-refractivity contribution >= 4 is 15.9 Å². The van der Waals surface area contributed by atoms with Crippen LogP contribution in [0, 0.1) is 0 Å². The normalized spacial score (nSPS) is 23.0. The molecule has 1 N–H and O–H groups in total. The van der Waals surface area contributed by atoms with Crippen LogP contribution in [0.2, 0.25) is 0 Å². The largest absolute Gasteiger partial charge is 0.336 e. The molecule has 0 radical (unpaired) electrons. The van der Waals surface area contributed by atoms with Gasteiger partial charge in [-0.15, -0.1) is 0 Å². The number of carbonyl (C=O) groups is 1. The Kier molecular flexibility index (Phi) is 4.87.